The molecule has 6 heteroatoms. The van der Waals surface area contributed by atoms with E-state index in [1.165, 1.54) is 0 Å². The van der Waals surface area contributed by atoms with Gasteiger partial charge in [0.2, 0.25) is 0 Å². The number of aryl methyl sites for hydroxylation is 4. The number of hydrogen-bond acceptors (Lipinski definition) is 5. The van der Waals surface area contributed by atoms with E-state index in [9.17, 15) is 4.79 Å². The van der Waals surface area contributed by atoms with Gasteiger partial charge < -0.3 is 10.1 Å². The predicted octanol–water partition coefficient (Wildman–Crippen LogP) is 4.44. The number of benzene rings is 1. The van der Waals surface area contributed by atoms with Crippen LogP contribution < -0.4 is 10.1 Å². The van der Waals surface area contributed by atoms with Gasteiger partial charge in [0.25, 0.3) is 5.91 Å². The normalized spacial score (nSPS) is 21.3. The Kier molecular flexibility index (Phi) is 5.36. The first kappa shape index (κ1) is 21.8. The predicted molar refractivity (Wildman–Crippen MR) is 117 cm³/mol. The zero-order valence-corrected chi connectivity index (χ0v) is 19.0. The Labute approximate surface area is 180 Å². The molecule has 1 saturated carbocycles. The van der Waals surface area contributed by atoms with Gasteiger partial charge in [0, 0.05) is 18.3 Å². The van der Waals surface area contributed by atoms with Gasteiger partial charge >= 0.3 is 0 Å². The van der Waals surface area contributed by atoms with Crippen LogP contribution in [-0.4, -0.2) is 28.0 Å². The smallest absolute Gasteiger partial charge is 0.255 e. The van der Waals surface area contributed by atoms with E-state index >= 15 is 0 Å². The fourth-order valence-corrected chi connectivity index (χ4v) is 5.19. The summed E-state index contributed by atoms with van der Waals surface area (Å²) in [4.78, 5) is 21.8. The number of amides is 1. The van der Waals surface area contributed by atoms with Crippen LogP contribution in [0.2, 0.25) is 0 Å². The van der Waals surface area contributed by atoms with Gasteiger partial charge in [-0.1, -0.05) is 27.7 Å². The lowest BCUT2D eigenvalue weighted by Crippen LogP contribution is -2.74. The molecule has 3 rings (SSSR count). The summed E-state index contributed by atoms with van der Waals surface area (Å²) in [7, 11) is 0. The molecule has 0 unspecified atom stereocenters. The Balaban J connectivity index is 0.00000341. The molecule has 1 aliphatic rings. The summed E-state index contributed by atoms with van der Waals surface area (Å²) < 4.78 is 6.36. The van der Waals surface area contributed by atoms with Crippen molar-refractivity contribution in [3.05, 3.63) is 52.1 Å². The number of nitrogens with one attached hydrogen (secondary N) is 1. The van der Waals surface area contributed by atoms with Crippen LogP contribution in [0.15, 0.2) is 18.2 Å². The molecule has 0 bridgehead atoms. The number of aromatic nitrogens is 2. The summed E-state index contributed by atoms with van der Waals surface area (Å²) in [6, 6.07) is 7.61. The number of carbonyl (C=O) groups is 1. The van der Waals surface area contributed by atoms with Gasteiger partial charge in [0.15, 0.2) is 0 Å². The minimum atomic E-state index is -0.283. The largest absolute Gasteiger partial charge is 0.489 e. The van der Waals surface area contributed by atoms with Crippen molar-refractivity contribution in [2.45, 2.75) is 67.5 Å². The van der Waals surface area contributed by atoms with Crippen LogP contribution in [0.5, 0.6) is 5.75 Å². The van der Waals surface area contributed by atoms with E-state index < -0.39 is 0 Å². The molecule has 2 aromatic rings. The summed E-state index contributed by atoms with van der Waals surface area (Å²) in [6.45, 7) is 15.8. The van der Waals surface area contributed by atoms with E-state index in [1.807, 2.05) is 39.8 Å². The van der Waals surface area contributed by atoms with Gasteiger partial charge in [-0.25, -0.2) is 9.97 Å². The van der Waals surface area contributed by atoms with E-state index in [1.54, 1.807) is 6.07 Å². The molecular weight excluding hydrogens is 376 g/mol. The first-order valence-corrected chi connectivity index (χ1v) is 10.2. The third-order valence-corrected chi connectivity index (χ3v) is 6.30. The fourth-order valence-electron chi connectivity index (χ4n) is 5.19. The lowest BCUT2D eigenvalue weighted by Gasteiger charge is -2.63. The minimum Gasteiger partial charge on any atom is -0.489 e. The monoisotopic (exact) mass is 408 g/mol. The molecule has 1 amide bonds. The summed E-state index contributed by atoms with van der Waals surface area (Å²) in [6.07, 6.45) is -0.0981. The Bertz CT molecular complexity index is 1020. The lowest BCUT2D eigenvalue weighted by molar-refractivity contribution is -0.164. The van der Waals surface area contributed by atoms with Crippen molar-refractivity contribution in [3.8, 4) is 11.8 Å². The minimum absolute atomic E-state index is 0. The zero-order chi connectivity index (χ0) is 22.4. The van der Waals surface area contributed by atoms with Gasteiger partial charge in [0.05, 0.1) is 28.6 Å². The quantitative estimate of drug-likeness (QED) is 0.808. The van der Waals surface area contributed by atoms with Gasteiger partial charge in [-0.3, -0.25) is 4.79 Å². The van der Waals surface area contributed by atoms with E-state index in [0.717, 1.165) is 11.3 Å². The molecule has 1 aromatic carbocycles. The van der Waals surface area contributed by atoms with E-state index in [4.69, 9.17) is 10.00 Å². The molecular formula is C24H32N4O2. The molecule has 1 aromatic heterocycles. The molecule has 30 heavy (non-hydrogen) atoms. The van der Waals surface area contributed by atoms with Crippen LogP contribution in [0.3, 0.4) is 0 Å². The number of hydrogen-bond donors (Lipinski definition) is 1. The Hall–Kier alpha value is -2.94. The fraction of sp³-hybridized carbons (Fsp3) is 0.500. The molecule has 1 aliphatic carbocycles. The molecule has 160 valence electrons. The molecule has 1 N–H and O–H groups in total. The third kappa shape index (κ3) is 3.54. The highest BCUT2D eigenvalue weighted by atomic mass is 16.5. The highest BCUT2D eigenvalue weighted by Crippen LogP contribution is 2.55. The van der Waals surface area contributed by atoms with Gasteiger partial charge in [-0.2, -0.15) is 5.26 Å². The molecule has 6 nitrogen and oxygen atoms in total. The van der Waals surface area contributed by atoms with Crippen molar-refractivity contribution < 1.29 is 11.0 Å². The number of nitrogens with zero attached hydrogens (tertiary/aromatic N) is 3. The highest BCUT2D eigenvalue weighted by Gasteiger charge is 2.64. The molecule has 0 atom stereocenters. The molecule has 1 heterocycles. The van der Waals surface area contributed by atoms with Crippen molar-refractivity contribution >= 4 is 5.91 Å². The van der Waals surface area contributed by atoms with Crippen molar-refractivity contribution in [1.29, 1.82) is 5.26 Å². The second-order valence-corrected chi connectivity index (χ2v) is 9.45. The molecule has 0 saturated heterocycles. The molecule has 0 radical (unpaired) electrons. The lowest BCUT2D eigenvalue weighted by atomic mass is 9.49. The standard InChI is InChI=1S/C24H30N4O2.H2/c1-13-11-18(10-9-17(13)12-25)30-22-23(5,6)21(24(22,7)8)28-20(29)19-14(2)26-16(4)27-15(19)3;/h9-11,21-22H,1-8H3,(H,28,29);1H. The van der Waals surface area contributed by atoms with E-state index in [2.05, 4.69) is 49.0 Å². The first-order valence-electron chi connectivity index (χ1n) is 10.2. The van der Waals surface area contributed by atoms with Gasteiger partial charge in [-0.15, -0.1) is 0 Å². The molecule has 0 aliphatic heterocycles. The van der Waals surface area contributed by atoms with Gasteiger partial charge in [-0.05, 0) is 51.5 Å². The Morgan fingerprint density at radius 2 is 1.67 bits per heavy atom. The maximum atomic E-state index is 13.1. The number of ether oxygens (including phenoxy) is 1. The van der Waals surface area contributed by atoms with Crippen LogP contribution >= 0.6 is 0 Å². The topological polar surface area (TPSA) is 87.9 Å². The summed E-state index contributed by atoms with van der Waals surface area (Å²) in [5, 5.41) is 12.4. The van der Waals surface area contributed by atoms with Crippen molar-refractivity contribution in [2.24, 2.45) is 10.8 Å². The van der Waals surface area contributed by atoms with Crippen molar-refractivity contribution in [3.63, 3.8) is 0 Å². The van der Waals surface area contributed by atoms with E-state index in [-0.39, 0.29) is 30.3 Å². The second-order valence-electron chi connectivity index (χ2n) is 9.45. The summed E-state index contributed by atoms with van der Waals surface area (Å²) >= 11 is 0. The number of carbonyl (C=O) groups excluding carboxylic acids is 1. The van der Waals surface area contributed by atoms with Crippen LogP contribution in [0.25, 0.3) is 0 Å². The average Bonchev–Trinajstić information content (AvgIpc) is 2.63. The van der Waals surface area contributed by atoms with Crippen molar-refractivity contribution in [1.82, 2.24) is 15.3 Å². The summed E-state index contributed by atoms with van der Waals surface area (Å²) in [5.74, 6) is 1.25. The molecule has 1 fully saturated rings. The zero-order valence-electron chi connectivity index (χ0n) is 19.0. The molecule has 0 spiro atoms. The highest BCUT2D eigenvalue weighted by molar-refractivity contribution is 5.96. The maximum absolute atomic E-state index is 13.1. The van der Waals surface area contributed by atoms with Crippen LogP contribution in [-0.2, 0) is 0 Å². The van der Waals surface area contributed by atoms with Crippen LogP contribution in [0, 0.1) is 49.9 Å². The van der Waals surface area contributed by atoms with Crippen LogP contribution in [0.1, 0.15) is 67.8 Å². The third-order valence-electron chi connectivity index (χ3n) is 6.30. The summed E-state index contributed by atoms with van der Waals surface area (Å²) in [5.41, 5.74) is 2.88. The van der Waals surface area contributed by atoms with Crippen LogP contribution in [0.4, 0.5) is 0 Å². The second kappa shape index (κ2) is 7.39. The Morgan fingerprint density at radius 3 is 2.17 bits per heavy atom. The Morgan fingerprint density at radius 1 is 1.10 bits per heavy atom. The number of rotatable bonds is 4. The SMILES string of the molecule is Cc1nc(C)c(C(=O)NC2C(C)(C)C(Oc3ccc(C#N)c(C)c3)C2(C)C)c(C)n1.[HH]. The maximum Gasteiger partial charge on any atom is 0.255 e. The van der Waals surface area contributed by atoms with Crippen molar-refractivity contribution in [2.75, 3.05) is 0 Å². The number of nitriles is 1. The average molecular weight is 409 g/mol. The van der Waals surface area contributed by atoms with E-state index in [0.29, 0.717) is 28.3 Å². The first-order chi connectivity index (χ1) is 13.9. The van der Waals surface area contributed by atoms with Gasteiger partial charge in [0.1, 0.15) is 17.7 Å².